The number of amides is 1. The first-order valence-corrected chi connectivity index (χ1v) is 9.75. The van der Waals surface area contributed by atoms with Crippen molar-refractivity contribution < 1.29 is 33.0 Å². The molecule has 30 heavy (non-hydrogen) atoms. The van der Waals surface area contributed by atoms with Crippen molar-refractivity contribution in [1.29, 1.82) is 0 Å². The van der Waals surface area contributed by atoms with E-state index in [-0.39, 0.29) is 13.0 Å². The van der Waals surface area contributed by atoms with Crippen LogP contribution in [0.1, 0.15) is 53.5 Å². The predicted molar refractivity (Wildman–Crippen MR) is 109 cm³/mol. The van der Waals surface area contributed by atoms with Crippen LogP contribution in [-0.2, 0) is 30.4 Å². The quantitative estimate of drug-likeness (QED) is 0.462. The second-order valence-electron chi connectivity index (χ2n) is 8.70. The highest BCUT2D eigenvalue weighted by Gasteiger charge is 2.37. The van der Waals surface area contributed by atoms with Crippen LogP contribution < -0.4 is 0 Å². The van der Waals surface area contributed by atoms with Crippen molar-refractivity contribution in [2.45, 2.75) is 78.0 Å². The van der Waals surface area contributed by atoms with E-state index >= 15 is 0 Å². The molecule has 0 unspecified atom stereocenters. The van der Waals surface area contributed by atoms with Crippen molar-refractivity contribution in [3.63, 3.8) is 0 Å². The molecule has 8 heteroatoms. The third-order valence-electron chi connectivity index (χ3n) is 3.95. The first-order chi connectivity index (χ1) is 13.7. The number of esters is 2. The topological polar surface area (TPSA) is 82.1 Å². The van der Waals surface area contributed by atoms with Gasteiger partial charge in [0, 0.05) is 13.5 Å². The molecule has 1 amide bonds. The number of carbonyl (C=O) groups excluding carboxylic acids is 3. The number of rotatable bonds is 8. The van der Waals surface area contributed by atoms with Gasteiger partial charge in [-0.15, -0.1) is 0 Å². The molecular weight excluding hydrogens is 393 g/mol. The highest BCUT2D eigenvalue weighted by atomic mass is 19.1. The molecule has 0 fully saturated rings. The number of benzene rings is 1. The van der Waals surface area contributed by atoms with Crippen LogP contribution in [0.5, 0.6) is 0 Å². The molecule has 0 saturated carbocycles. The number of likely N-dealkylation sites (N-methyl/N-ethyl adjacent to an activating group) is 1. The molecule has 168 valence electrons. The van der Waals surface area contributed by atoms with Crippen LogP contribution in [0.4, 0.5) is 9.18 Å². The van der Waals surface area contributed by atoms with Gasteiger partial charge in [-0.1, -0.05) is 30.3 Å². The predicted octanol–water partition coefficient (Wildman–Crippen LogP) is 4.04. The van der Waals surface area contributed by atoms with Crippen LogP contribution in [0.3, 0.4) is 0 Å². The lowest BCUT2D eigenvalue weighted by molar-refractivity contribution is -0.170. The SMILES string of the molecule is C[C@@H](OC(=O)[C@H](CC(C)(C)F)N(C)C(=O)OC(C)(C)C)C(=O)OCc1ccccc1. The Morgan fingerprint density at radius 3 is 2.10 bits per heavy atom. The maximum atomic E-state index is 14.3. The standard InChI is InChI=1S/C22H32FNO6/c1-15(18(25)28-14-16-11-9-8-10-12-16)29-19(26)17(13-22(5,6)23)24(7)20(27)30-21(2,3)4/h8-12,15,17H,13-14H2,1-7H3/t15-,17+/m1/s1. The Balaban J connectivity index is 2.80. The van der Waals surface area contributed by atoms with E-state index in [4.69, 9.17) is 14.2 Å². The van der Waals surface area contributed by atoms with Crippen molar-refractivity contribution >= 4 is 18.0 Å². The van der Waals surface area contributed by atoms with Gasteiger partial charge < -0.3 is 14.2 Å². The lowest BCUT2D eigenvalue weighted by Gasteiger charge is -2.32. The maximum Gasteiger partial charge on any atom is 0.410 e. The Morgan fingerprint density at radius 2 is 1.60 bits per heavy atom. The molecule has 0 aliphatic carbocycles. The van der Waals surface area contributed by atoms with E-state index in [0.717, 1.165) is 10.5 Å². The van der Waals surface area contributed by atoms with Gasteiger partial charge >= 0.3 is 18.0 Å². The van der Waals surface area contributed by atoms with Gasteiger partial charge in [0.1, 0.15) is 23.9 Å². The van der Waals surface area contributed by atoms with E-state index in [1.165, 1.54) is 27.8 Å². The minimum absolute atomic E-state index is 0.0281. The molecule has 0 spiro atoms. The Kier molecular flexibility index (Phi) is 8.81. The van der Waals surface area contributed by atoms with Crippen molar-refractivity contribution in [2.24, 2.45) is 0 Å². The van der Waals surface area contributed by atoms with Crippen LogP contribution in [0.2, 0.25) is 0 Å². The van der Waals surface area contributed by atoms with Crippen molar-refractivity contribution in [3.8, 4) is 0 Å². The summed E-state index contributed by atoms with van der Waals surface area (Å²) in [5.41, 5.74) is -1.78. The van der Waals surface area contributed by atoms with Crippen LogP contribution in [0, 0.1) is 0 Å². The first kappa shape index (κ1) is 25.4. The molecule has 0 aliphatic heterocycles. The summed E-state index contributed by atoms with van der Waals surface area (Å²) in [5, 5.41) is 0. The van der Waals surface area contributed by atoms with Gasteiger partial charge in [0.25, 0.3) is 0 Å². The molecular formula is C22H32FNO6. The summed E-state index contributed by atoms with van der Waals surface area (Å²) in [4.78, 5) is 38.2. The molecule has 1 rings (SSSR count). The van der Waals surface area contributed by atoms with Gasteiger partial charge in [-0.2, -0.15) is 0 Å². The second kappa shape index (κ2) is 10.4. The number of hydrogen-bond acceptors (Lipinski definition) is 6. The van der Waals surface area contributed by atoms with Gasteiger partial charge in [-0.05, 0) is 47.1 Å². The van der Waals surface area contributed by atoms with E-state index in [1.54, 1.807) is 32.9 Å². The molecule has 1 aromatic carbocycles. The number of ether oxygens (including phenoxy) is 3. The number of nitrogens with zero attached hydrogens (tertiary/aromatic N) is 1. The van der Waals surface area contributed by atoms with Gasteiger partial charge in [0.2, 0.25) is 0 Å². The molecule has 0 aliphatic rings. The van der Waals surface area contributed by atoms with E-state index in [1.807, 2.05) is 18.2 Å². The third-order valence-corrected chi connectivity index (χ3v) is 3.95. The van der Waals surface area contributed by atoms with Crippen LogP contribution in [0.25, 0.3) is 0 Å². The summed E-state index contributed by atoms with van der Waals surface area (Å²) in [7, 11) is 1.32. The normalized spacial score (nSPS) is 13.7. The summed E-state index contributed by atoms with van der Waals surface area (Å²) in [5.74, 6) is -1.66. The molecule has 7 nitrogen and oxygen atoms in total. The smallest absolute Gasteiger partial charge is 0.410 e. The molecule has 2 atom stereocenters. The fourth-order valence-corrected chi connectivity index (χ4v) is 2.45. The second-order valence-corrected chi connectivity index (χ2v) is 8.70. The van der Waals surface area contributed by atoms with E-state index < -0.39 is 41.4 Å². The minimum atomic E-state index is -1.77. The zero-order valence-electron chi connectivity index (χ0n) is 18.7. The number of hydrogen-bond donors (Lipinski definition) is 0. The van der Waals surface area contributed by atoms with Gasteiger partial charge in [0.15, 0.2) is 6.10 Å². The van der Waals surface area contributed by atoms with Crippen LogP contribution >= 0.6 is 0 Å². The zero-order chi connectivity index (χ0) is 23.1. The molecule has 0 aromatic heterocycles. The third kappa shape index (κ3) is 9.24. The maximum absolute atomic E-state index is 14.3. The molecule has 1 aromatic rings. The average molecular weight is 425 g/mol. The van der Waals surface area contributed by atoms with Crippen LogP contribution in [0.15, 0.2) is 30.3 Å². The fourth-order valence-electron chi connectivity index (χ4n) is 2.45. The van der Waals surface area contributed by atoms with Crippen molar-refractivity contribution in [2.75, 3.05) is 7.05 Å². The summed E-state index contributed by atoms with van der Waals surface area (Å²) in [6.45, 7) is 8.99. The largest absolute Gasteiger partial charge is 0.458 e. The molecule has 0 saturated heterocycles. The highest BCUT2D eigenvalue weighted by Crippen LogP contribution is 2.22. The minimum Gasteiger partial charge on any atom is -0.458 e. The first-order valence-electron chi connectivity index (χ1n) is 9.75. The Bertz CT molecular complexity index is 723. The van der Waals surface area contributed by atoms with E-state index in [9.17, 15) is 18.8 Å². The Hall–Kier alpha value is -2.64. The number of carbonyl (C=O) groups is 3. The number of alkyl halides is 1. The molecule has 0 radical (unpaired) electrons. The van der Waals surface area contributed by atoms with Gasteiger partial charge in [-0.3, -0.25) is 4.90 Å². The summed E-state index contributed by atoms with van der Waals surface area (Å²) >= 11 is 0. The summed E-state index contributed by atoms with van der Waals surface area (Å²) < 4.78 is 29.9. The molecule has 0 bridgehead atoms. The van der Waals surface area contributed by atoms with E-state index in [2.05, 4.69) is 0 Å². The lowest BCUT2D eigenvalue weighted by Crippen LogP contribution is -2.49. The van der Waals surface area contributed by atoms with E-state index in [0.29, 0.717) is 0 Å². The van der Waals surface area contributed by atoms with Crippen LogP contribution in [-0.4, -0.2) is 53.4 Å². The average Bonchev–Trinajstić information content (AvgIpc) is 2.62. The van der Waals surface area contributed by atoms with Crippen molar-refractivity contribution in [3.05, 3.63) is 35.9 Å². The fraction of sp³-hybridized carbons (Fsp3) is 0.591. The molecule has 0 N–H and O–H groups in total. The Labute approximate surface area is 177 Å². The van der Waals surface area contributed by atoms with Gasteiger partial charge in [0.05, 0.1) is 0 Å². The van der Waals surface area contributed by atoms with Crippen molar-refractivity contribution in [1.82, 2.24) is 4.90 Å². The summed E-state index contributed by atoms with van der Waals surface area (Å²) in [6, 6.07) is 7.76. The lowest BCUT2D eigenvalue weighted by atomic mass is 10.00. The number of halogens is 1. The summed E-state index contributed by atoms with van der Waals surface area (Å²) in [6.07, 6.45) is -2.35. The highest BCUT2D eigenvalue weighted by molar-refractivity contribution is 5.84. The monoisotopic (exact) mass is 425 g/mol. The Morgan fingerprint density at radius 1 is 1.03 bits per heavy atom. The zero-order valence-corrected chi connectivity index (χ0v) is 18.7. The van der Waals surface area contributed by atoms with Gasteiger partial charge in [-0.25, -0.2) is 18.8 Å². The molecule has 0 heterocycles.